The summed E-state index contributed by atoms with van der Waals surface area (Å²) in [6.45, 7) is 4.12. The van der Waals surface area contributed by atoms with Gasteiger partial charge in [-0.15, -0.1) is 0 Å². The Morgan fingerprint density at radius 1 is 0.593 bits per heavy atom. The van der Waals surface area contributed by atoms with Gasteiger partial charge in [-0.25, -0.2) is 0 Å². The van der Waals surface area contributed by atoms with E-state index in [1.165, 1.54) is 109 Å². The first-order chi connectivity index (χ1) is 13.2. The maximum absolute atomic E-state index is 8.86. The molecule has 1 atom stereocenters. The molecule has 0 amide bonds. The number of rotatable bonds is 21. The summed E-state index contributed by atoms with van der Waals surface area (Å²) in [6.07, 6.45) is 29.8. The fourth-order valence-corrected chi connectivity index (χ4v) is 3.51. The van der Waals surface area contributed by atoms with Crippen LogP contribution in [0.1, 0.15) is 136 Å². The highest BCUT2D eigenvalue weighted by Gasteiger charge is 2.06. The summed E-state index contributed by atoms with van der Waals surface area (Å²) >= 11 is 0. The molecule has 1 unspecified atom stereocenters. The second-order valence-corrected chi connectivity index (χ2v) is 8.31. The molecular weight excluding hydrogens is 334 g/mol. The number of unbranched alkanes of at least 4 members (excludes halogenated alkanes) is 16. The molecule has 0 saturated heterocycles. The largest absolute Gasteiger partial charge is 0.289 e. The number of hydrogen-bond acceptors (Lipinski definition) is 3. The Kier molecular flexibility index (Phi) is 21.6. The highest BCUT2D eigenvalue weighted by Crippen LogP contribution is 2.13. The Hall–Kier alpha value is -0.380. The van der Waals surface area contributed by atoms with Gasteiger partial charge >= 0.3 is 0 Å². The molecule has 0 aromatic carbocycles. The average Bonchev–Trinajstić information content (AvgIpc) is 2.66. The van der Waals surface area contributed by atoms with Crippen molar-refractivity contribution in [1.82, 2.24) is 5.23 Å². The van der Waals surface area contributed by atoms with Crippen molar-refractivity contribution in [2.45, 2.75) is 142 Å². The molecule has 3 nitrogen and oxygen atoms in total. The van der Waals surface area contributed by atoms with Crippen molar-refractivity contribution in [1.29, 1.82) is 0 Å². The van der Waals surface area contributed by atoms with Crippen LogP contribution >= 0.6 is 0 Å². The SMILES string of the molecule is CCCCCCCCC=CCCCCCCCCCCCCC(C)N(O)O. The standard InChI is InChI=1S/C24H49NO2/c1-3-4-5-6-7-8-9-10-11-12-13-14-15-16-17-18-19-20-21-22-23-24(2)25(26)27/h10-11,24,26-27H,3-9,12-23H2,1-2H3. The van der Waals surface area contributed by atoms with Crippen molar-refractivity contribution in [3.63, 3.8) is 0 Å². The molecule has 2 N–H and O–H groups in total. The van der Waals surface area contributed by atoms with Gasteiger partial charge in [0.05, 0.1) is 6.04 Å². The van der Waals surface area contributed by atoms with E-state index < -0.39 is 0 Å². The van der Waals surface area contributed by atoms with Crippen LogP contribution in [0.4, 0.5) is 0 Å². The van der Waals surface area contributed by atoms with E-state index in [1.54, 1.807) is 0 Å². The summed E-state index contributed by atoms with van der Waals surface area (Å²) in [6, 6.07) is -0.143. The van der Waals surface area contributed by atoms with Crippen molar-refractivity contribution < 1.29 is 10.4 Å². The third kappa shape index (κ3) is 21.8. The van der Waals surface area contributed by atoms with Crippen molar-refractivity contribution in [2.24, 2.45) is 0 Å². The van der Waals surface area contributed by atoms with Gasteiger partial charge in [0, 0.05) is 0 Å². The van der Waals surface area contributed by atoms with Gasteiger partial charge in [-0.2, -0.15) is 0 Å². The van der Waals surface area contributed by atoms with Gasteiger partial charge in [0.1, 0.15) is 0 Å². The Morgan fingerprint density at radius 2 is 0.963 bits per heavy atom. The molecule has 27 heavy (non-hydrogen) atoms. The van der Waals surface area contributed by atoms with Gasteiger partial charge < -0.3 is 0 Å². The van der Waals surface area contributed by atoms with Crippen LogP contribution in [0.25, 0.3) is 0 Å². The lowest BCUT2D eigenvalue weighted by atomic mass is 10.0. The van der Waals surface area contributed by atoms with Gasteiger partial charge in [0.2, 0.25) is 0 Å². The van der Waals surface area contributed by atoms with Crippen LogP contribution in [0.15, 0.2) is 12.2 Å². The van der Waals surface area contributed by atoms with Gasteiger partial charge in [0.25, 0.3) is 0 Å². The number of hydroxylamine groups is 2. The van der Waals surface area contributed by atoms with Crippen molar-refractivity contribution in [3.05, 3.63) is 12.2 Å². The Labute approximate surface area is 170 Å². The van der Waals surface area contributed by atoms with Crippen LogP contribution in [0.5, 0.6) is 0 Å². The molecule has 0 aromatic rings. The fraction of sp³-hybridized carbons (Fsp3) is 0.917. The van der Waals surface area contributed by atoms with E-state index in [4.69, 9.17) is 10.4 Å². The first-order valence-electron chi connectivity index (χ1n) is 12.0. The highest BCUT2D eigenvalue weighted by molar-refractivity contribution is 4.81. The molecular formula is C24H49NO2. The van der Waals surface area contributed by atoms with E-state index in [2.05, 4.69) is 19.1 Å². The summed E-state index contributed by atoms with van der Waals surface area (Å²) < 4.78 is 0. The van der Waals surface area contributed by atoms with E-state index in [0.29, 0.717) is 5.23 Å². The van der Waals surface area contributed by atoms with Crippen LogP contribution in [0, 0.1) is 0 Å². The van der Waals surface area contributed by atoms with E-state index >= 15 is 0 Å². The number of allylic oxidation sites excluding steroid dienone is 2. The van der Waals surface area contributed by atoms with Crippen LogP contribution in [0.3, 0.4) is 0 Å². The molecule has 0 aliphatic rings. The minimum absolute atomic E-state index is 0.143. The normalized spacial score (nSPS) is 13.1. The molecule has 0 saturated carbocycles. The Morgan fingerprint density at radius 3 is 1.37 bits per heavy atom. The monoisotopic (exact) mass is 383 g/mol. The average molecular weight is 384 g/mol. The molecule has 3 heteroatoms. The molecule has 0 radical (unpaired) electrons. The third-order valence-electron chi connectivity index (χ3n) is 5.53. The van der Waals surface area contributed by atoms with Crippen LogP contribution in [0.2, 0.25) is 0 Å². The second kappa shape index (κ2) is 21.9. The van der Waals surface area contributed by atoms with Gasteiger partial charge in [-0.1, -0.05) is 114 Å². The highest BCUT2D eigenvalue weighted by atomic mass is 16.8. The van der Waals surface area contributed by atoms with Crippen molar-refractivity contribution in [2.75, 3.05) is 0 Å². The second-order valence-electron chi connectivity index (χ2n) is 8.31. The lowest BCUT2D eigenvalue weighted by Crippen LogP contribution is -2.25. The zero-order valence-corrected chi connectivity index (χ0v) is 18.5. The lowest BCUT2D eigenvalue weighted by molar-refractivity contribution is -0.329. The molecule has 0 spiro atoms. The summed E-state index contributed by atoms with van der Waals surface area (Å²) in [5.74, 6) is 0. The van der Waals surface area contributed by atoms with E-state index in [9.17, 15) is 0 Å². The zero-order chi connectivity index (χ0) is 20.0. The Bertz CT molecular complexity index is 305. The fourth-order valence-electron chi connectivity index (χ4n) is 3.51. The maximum Gasteiger partial charge on any atom is 0.0595 e. The minimum atomic E-state index is -0.143. The Balaban J connectivity index is 3.11. The number of hydrogen-bond donors (Lipinski definition) is 2. The smallest absolute Gasteiger partial charge is 0.0595 e. The molecule has 0 aromatic heterocycles. The quantitative estimate of drug-likeness (QED) is 0.119. The summed E-state index contributed by atoms with van der Waals surface area (Å²) in [5.41, 5.74) is 0. The van der Waals surface area contributed by atoms with E-state index in [-0.39, 0.29) is 6.04 Å². The molecule has 0 aliphatic heterocycles. The van der Waals surface area contributed by atoms with Crippen LogP contribution in [-0.2, 0) is 0 Å². The predicted octanol–water partition coefficient (Wildman–Crippen LogP) is 8.44. The topological polar surface area (TPSA) is 43.7 Å². The van der Waals surface area contributed by atoms with Crippen LogP contribution in [-0.4, -0.2) is 21.7 Å². The third-order valence-corrected chi connectivity index (χ3v) is 5.53. The zero-order valence-electron chi connectivity index (χ0n) is 18.5. The predicted molar refractivity (Wildman–Crippen MR) is 117 cm³/mol. The van der Waals surface area contributed by atoms with Crippen LogP contribution < -0.4 is 0 Å². The van der Waals surface area contributed by atoms with Gasteiger partial charge in [0.15, 0.2) is 0 Å². The summed E-state index contributed by atoms with van der Waals surface area (Å²) in [5, 5.41) is 18.1. The lowest BCUT2D eigenvalue weighted by Gasteiger charge is -2.14. The maximum atomic E-state index is 8.86. The molecule has 0 rings (SSSR count). The first kappa shape index (κ1) is 26.6. The molecule has 0 heterocycles. The van der Waals surface area contributed by atoms with Gasteiger partial charge in [-0.05, 0) is 39.0 Å². The molecule has 0 aliphatic carbocycles. The van der Waals surface area contributed by atoms with Crippen molar-refractivity contribution >= 4 is 0 Å². The first-order valence-corrected chi connectivity index (χ1v) is 12.0. The summed E-state index contributed by atoms with van der Waals surface area (Å²) in [4.78, 5) is 0. The van der Waals surface area contributed by atoms with E-state index in [0.717, 1.165) is 12.8 Å². The summed E-state index contributed by atoms with van der Waals surface area (Å²) in [7, 11) is 0. The molecule has 0 bridgehead atoms. The number of nitrogens with zero attached hydrogens (tertiary/aromatic N) is 1. The van der Waals surface area contributed by atoms with Gasteiger partial charge in [-0.3, -0.25) is 10.4 Å². The minimum Gasteiger partial charge on any atom is -0.289 e. The van der Waals surface area contributed by atoms with Crippen molar-refractivity contribution in [3.8, 4) is 0 Å². The van der Waals surface area contributed by atoms with E-state index in [1.807, 2.05) is 6.92 Å². The molecule has 162 valence electrons. The molecule has 0 fully saturated rings.